The summed E-state index contributed by atoms with van der Waals surface area (Å²) in [5.74, 6) is -0.428. The van der Waals surface area contributed by atoms with Crippen molar-refractivity contribution in [3.05, 3.63) is 45.5 Å². The minimum Gasteiger partial charge on any atom is -0.490 e. The first-order chi connectivity index (χ1) is 8.97. The molecule has 6 nitrogen and oxygen atoms in total. The van der Waals surface area contributed by atoms with Crippen LogP contribution in [0.3, 0.4) is 0 Å². The monoisotopic (exact) mass is 264 g/mol. The predicted octanol–water partition coefficient (Wildman–Crippen LogP) is 2.30. The lowest BCUT2D eigenvalue weighted by molar-refractivity contribution is -0.386. The van der Waals surface area contributed by atoms with E-state index in [-0.39, 0.29) is 17.0 Å². The van der Waals surface area contributed by atoms with Gasteiger partial charge in [0.25, 0.3) is 5.91 Å². The zero-order valence-corrected chi connectivity index (χ0v) is 11.1. The van der Waals surface area contributed by atoms with Gasteiger partial charge in [-0.1, -0.05) is 17.7 Å². The van der Waals surface area contributed by atoms with Crippen molar-refractivity contribution in [2.24, 2.45) is 0 Å². The highest BCUT2D eigenvalue weighted by Crippen LogP contribution is 2.30. The Morgan fingerprint density at radius 1 is 1.47 bits per heavy atom. The van der Waals surface area contributed by atoms with E-state index in [1.807, 2.05) is 19.9 Å². The van der Waals surface area contributed by atoms with Gasteiger partial charge in [0.2, 0.25) is 0 Å². The van der Waals surface area contributed by atoms with Crippen molar-refractivity contribution in [1.82, 2.24) is 5.32 Å². The molecule has 0 saturated heterocycles. The molecule has 1 N–H and O–H groups in total. The molecule has 0 aliphatic carbocycles. The summed E-state index contributed by atoms with van der Waals surface area (Å²) in [6, 6.07) is 4.39. The molecule has 1 aromatic rings. The molecule has 0 unspecified atom stereocenters. The van der Waals surface area contributed by atoms with Crippen LogP contribution in [0.5, 0.6) is 5.75 Å². The molecule has 0 aromatic heterocycles. The van der Waals surface area contributed by atoms with Crippen molar-refractivity contribution >= 4 is 11.6 Å². The lowest BCUT2D eigenvalue weighted by Crippen LogP contribution is -2.24. The maximum absolute atomic E-state index is 11.9. The number of allylic oxidation sites excluding steroid dienone is 1. The van der Waals surface area contributed by atoms with Gasteiger partial charge in [0, 0.05) is 6.54 Å². The fourth-order valence-corrected chi connectivity index (χ4v) is 1.50. The molecule has 1 rings (SSSR count). The molecule has 0 spiro atoms. The van der Waals surface area contributed by atoms with Gasteiger partial charge in [0.15, 0.2) is 5.75 Å². The van der Waals surface area contributed by atoms with E-state index in [1.54, 1.807) is 6.07 Å². The molecule has 1 aromatic carbocycles. The summed E-state index contributed by atoms with van der Waals surface area (Å²) in [6.45, 7) is 4.13. The normalized spacial score (nSPS) is 9.63. The number of methoxy groups -OCH3 is 1. The molecule has 102 valence electrons. The molecule has 0 saturated carbocycles. The summed E-state index contributed by atoms with van der Waals surface area (Å²) >= 11 is 0. The number of carbonyl (C=O) groups excluding carboxylic acids is 1. The number of nitro benzene ring substituents is 1. The van der Waals surface area contributed by atoms with Crippen molar-refractivity contribution in [2.45, 2.75) is 13.8 Å². The average Bonchev–Trinajstić information content (AvgIpc) is 2.36. The Labute approximate surface area is 111 Å². The lowest BCUT2D eigenvalue weighted by atomic mass is 10.1. The van der Waals surface area contributed by atoms with Crippen LogP contribution in [-0.4, -0.2) is 24.5 Å². The zero-order valence-electron chi connectivity index (χ0n) is 11.1. The highest BCUT2D eigenvalue weighted by molar-refractivity contribution is 5.99. The van der Waals surface area contributed by atoms with Gasteiger partial charge < -0.3 is 10.1 Å². The second-order valence-electron chi connectivity index (χ2n) is 4.11. The molecule has 6 heteroatoms. The van der Waals surface area contributed by atoms with E-state index in [2.05, 4.69) is 5.32 Å². The smallest absolute Gasteiger partial charge is 0.323 e. The number of nitro groups is 1. The largest absolute Gasteiger partial charge is 0.490 e. The number of benzene rings is 1. The van der Waals surface area contributed by atoms with Gasteiger partial charge >= 0.3 is 5.69 Å². The standard InChI is InChI=1S/C13H16N2O4/c1-9(2)7-8-14-13(16)10-5-4-6-11(19-3)12(10)15(17)18/h4-7H,8H2,1-3H3,(H,14,16). The Morgan fingerprint density at radius 2 is 2.16 bits per heavy atom. The van der Waals surface area contributed by atoms with Crippen LogP contribution in [0.4, 0.5) is 5.69 Å². The SMILES string of the molecule is COc1cccc(C(=O)NCC=C(C)C)c1[N+](=O)[O-]. The first-order valence-corrected chi connectivity index (χ1v) is 5.70. The van der Waals surface area contributed by atoms with E-state index >= 15 is 0 Å². The number of amides is 1. The van der Waals surface area contributed by atoms with Crippen molar-refractivity contribution in [2.75, 3.05) is 13.7 Å². The van der Waals surface area contributed by atoms with Crippen LogP contribution in [0.2, 0.25) is 0 Å². The number of hydrogen-bond donors (Lipinski definition) is 1. The van der Waals surface area contributed by atoms with Crippen LogP contribution in [-0.2, 0) is 0 Å². The second-order valence-corrected chi connectivity index (χ2v) is 4.11. The third-order valence-electron chi connectivity index (χ3n) is 2.42. The molecule has 0 bridgehead atoms. The van der Waals surface area contributed by atoms with Gasteiger partial charge in [-0.15, -0.1) is 0 Å². The zero-order chi connectivity index (χ0) is 14.4. The van der Waals surface area contributed by atoms with Crippen LogP contribution < -0.4 is 10.1 Å². The third kappa shape index (κ3) is 3.80. The Morgan fingerprint density at radius 3 is 2.68 bits per heavy atom. The number of nitrogens with zero attached hydrogens (tertiary/aromatic N) is 1. The molecular weight excluding hydrogens is 248 g/mol. The number of nitrogens with one attached hydrogen (secondary N) is 1. The summed E-state index contributed by atoms with van der Waals surface area (Å²) in [4.78, 5) is 22.3. The minimum absolute atomic E-state index is 0.00786. The van der Waals surface area contributed by atoms with Crippen molar-refractivity contribution in [3.8, 4) is 5.75 Å². The Balaban J connectivity index is 3.02. The summed E-state index contributed by atoms with van der Waals surface area (Å²) in [5.41, 5.74) is 0.728. The van der Waals surface area contributed by atoms with Gasteiger partial charge in [-0.25, -0.2) is 0 Å². The van der Waals surface area contributed by atoms with E-state index < -0.39 is 10.8 Å². The van der Waals surface area contributed by atoms with E-state index in [1.165, 1.54) is 19.2 Å². The van der Waals surface area contributed by atoms with Crippen molar-refractivity contribution in [1.29, 1.82) is 0 Å². The molecule has 0 atom stereocenters. The fraction of sp³-hybridized carbons (Fsp3) is 0.308. The third-order valence-corrected chi connectivity index (χ3v) is 2.42. The number of para-hydroxylation sites is 1. The van der Waals surface area contributed by atoms with Crippen LogP contribution in [0.1, 0.15) is 24.2 Å². The van der Waals surface area contributed by atoms with Gasteiger partial charge in [-0.3, -0.25) is 14.9 Å². The molecule has 19 heavy (non-hydrogen) atoms. The molecule has 0 fully saturated rings. The van der Waals surface area contributed by atoms with E-state index in [4.69, 9.17) is 4.74 Å². The Hall–Kier alpha value is -2.37. The summed E-state index contributed by atoms with van der Waals surface area (Å²) in [7, 11) is 1.33. The van der Waals surface area contributed by atoms with Gasteiger partial charge in [0.1, 0.15) is 5.56 Å². The maximum Gasteiger partial charge on any atom is 0.323 e. The molecule has 1 amide bonds. The number of rotatable bonds is 5. The number of carbonyl (C=O) groups is 1. The first-order valence-electron chi connectivity index (χ1n) is 5.70. The van der Waals surface area contributed by atoms with E-state index in [0.717, 1.165) is 5.57 Å². The van der Waals surface area contributed by atoms with Gasteiger partial charge in [-0.2, -0.15) is 0 Å². The summed E-state index contributed by atoms with van der Waals surface area (Å²) < 4.78 is 4.91. The summed E-state index contributed by atoms with van der Waals surface area (Å²) in [6.07, 6.45) is 1.82. The highest BCUT2D eigenvalue weighted by Gasteiger charge is 2.24. The van der Waals surface area contributed by atoms with Crippen LogP contribution in [0, 0.1) is 10.1 Å². The molecule has 0 heterocycles. The van der Waals surface area contributed by atoms with E-state index in [0.29, 0.717) is 6.54 Å². The van der Waals surface area contributed by atoms with Crippen molar-refractivity contribution in [3.63, 3.8) is 0 Å². The van der Waals surface area contributed by atoms with Crippen molar-refractivity contribution < 1.29 is 14.5 Å². The Bertz CT molecular complexity index is 519. The number of hydrogen-bond acceptors (Lipinski definition) is 4. The summed E-state index contributed by atoms with van der Waals surface area (Å²) in [5, 5.41) is 13.6. The number of ether oxygens (including phenoxy) is 1. The molecule has 0 radical (unpaired) electrons. The minimum atomic E-state index is -0.616. The molecule has 0 aliphatic rings. The highest BCUT2D eigenvalue weighted by atomic mass is 16.6. The van der Waals surface area contributed by atoms with Crippen LogP contribution in [0.25, 0.3) is 0 Å². The quantitative estimate of drug-likeness (QED) is 0.502. The maximum atomic E-state index is 11.9. The van der Waals surface area contributed by atoms with E-state index in [9.17, 15) is 14.9 Å². The Kier molecular flexibility index (Phi) is 5.05. The second kappa shape index (κ2) is 6.53. The topological polar surface area (TPSA) is 81.5 Å². The lowest BCUT2D eigenvalue weighted by Gasteiger charge is -2.07. The molecular formula is C13H16N2O4. The van der Waals surface area contributed by atoms with Crippen LogP contribution in [0.15, 0.2) is 29.8 Å². The molecule has 0 aliphatic heterocycles. The fourth-order valence-electron chi connectivity index (χ4n) is 1.50. The van der Waals surface area contributed by atoms with Gasteiger partial charge in [-0.05, 0) is 26.0 Å². The predicted molar refractivity (Wildman–Crippen MR) is 71.4 cm³/mol. The first kappa shape index (κ1) is 14.7. The van der Waals surface area contributed by atoms with Crippen LogP contribution >= 0.6 is 0 Å². The average molecular weight is 264 g/mol. The van der Waals surface area contributed by atoms with Gasteiger partial charge in [0.05, 0.1) is 12.0 Å².